The number of hydrogen-bond acceptors (Lipinski definition) is 4. The van der Waals surface area contributed by atoms with Crippen LogP contribution >= 0.6 is 0 Å². The molecule has 1 heterocycles. The van der Waals surface area contributed by atoms with Gasteiger partial charge in [-0.25, -0.2) is 0 Å². The van der Waals surface area contributed by atoms with Crippen molar-refractivity contribution in [3.8, 4) is 0 Å². The molecule has 0 aromatic heterocycles. The first-order valence-electron chi connectivity index (χ1n) is 6.75. The van der Waals surface area contributed by atoms with Crippen molar-refractivity contribution >= 4 is 23.5 Å². The average Bonchev–Trinajstić information content (AvgIpc) is 2.36. The van der Waals surface area contributed by atoms with Gasteiger partial charge in [0.1, 0.15) is 0 Å². The highest BCUT2D eigenvalue weighted by atomic mass is 16.4. The van der Waals surface area contributed by atoms with Gasteiger partial charge in [-0.05, 0) is 37.1 Å². The minimum atomic E-state index is -1.02. The van der Waals surface area contributed by atoms with E-state index in [0.717, 1.165) is 21.7 Å². The zero-order valence-electron chi connectivity index (χ0n) is 12.1. The molecule has 0 saturated carbocycles. The Kier molecular flexibility index (Phi) is 4.26. The summed E-state index contributed by atoms with van der Waals surface area (Å²) in [4.78, 5) is 37.4. The van der Waals surface area contributed by atoms with Crippen LogP contribution in [-0.2, 0) is 14.4 Å². The van der Waals surface area contributed by atoms with E-state index in [1.807, 2.05) is 32.0 Å². The van der Waals surface area contributed by atoms with Crippen molar-refractivity contribution in [1.29, 1.82) is 0 Å². The highest BCUT2D eigenvalue weighted by Gasteiger charge is 2.31. The molecule has 0 bridgehead atoms. The topological polar surface area (TPSA) is 77.9 Å². The molecule has 1 N–H and O–H groups in total. The molecule has 1 aliphatic rings. The Labute approximate surface area is 123 Å². The van der Waals surface area contributed by atoms with E-state index in [9.17, 15) is 14.4 Å². The van der Waals surface area contributed by atoms with Crippen molar-refractivity contribution in [3.05, 3.63) is 29.3 Å². The Morgan fingerprint density at radius 2 is 1.62 bits per heavy atom. The van der Waals surface area contributed by atoms with Crippen LogP contribution in [0.25, 0.3) is 0 Å². The van der Waals surface area contributed by atoms with E-state index in [0.29, 0.717) is 0 Å². The molecular formula is C15H18N2O4. The quantitative estimate of drug-likeness (QED) is 0.835. The normalized spacial score (nSPS) is 15.5. The molecule has 0 unspecified atom stereocenters. The van der Waals surface area contributed by atoms with E-state index in [4.69, 9.17) is 5.11 Å². The Balaban J connectivity index is 2.12. The minimum Gasteiger partial charge on any atom is -0.481 e. The first kappa shape index (κ1) is 15.0. The Hall–Kier alpha value is -2.37. The van der Waals surface area contributed by atoms with E-state index >= 15 is 0 Å². The van der Waals surface area contributed by atoms with Gasteiger partial charge in [-0.1, -0.05) is 6.07 Å². The van der Waals surface area contributed by atoms with Crippen LogP contribution in [0.4, 0.5) is 5.69 Å². The number of carbonyl (C=O) groups is 3. The van der Waals surface area contributed by atoms with Crippen LogP contribution < -0.4 is 4.90 Å². The van der Waals surface area contributed by atoms with Crippen LogP contribution in [0, 0.1) is 13.8 Å². The average molecular weight is 290 g/mol. The predicted octanol–water partition coefficient (Wildman–Crippen LogP) is 0.953. The minimum absolute atomic E-state index is 0.0618. The maximum atomic E-state index is 12.0. The van der Waals surface area contributed by atoms with Crippen LogP contribution in [0.5, 0.6) is 0 Å². The maximum Gasteiger partial charge on any atom is 0.305 e. The van der Waals surface area contributed by atoms with Crippen LogP contribution in [0.2, 0.25) is 0 Å². The third kappa shape index (κ3) is 3.59. The van der Waals surface area contributed by atoms with Crippen molar-refractivity contribution in [2.45, 2.75) is 20.3 Å². The molecule has 2 rings (SSSR count). The molecule has 1 aromatic rings. The standard InChI is InChI=1S/C15H18N2O4/c1-10-5-11(2)7-12(6-10)16-8-13(18)17(14(19)9-16)4-3-15(20)21/h5-7H,3-4,8-9H2,1-2H3,(H,20,21). The largest absolute Gasteiger partial charge is 0.481 e. The molecule has 21 heavy (non-hydrogen) atoms. The molecule has 0 aliphatic carbocycles. The van der Waals surface area contributed by atoms with Gasteiger partial charge in [0.15, 0.2) is 0 Å². The number of rotatable bonds is 4. The number of hydrogen-bond donors (Lipinski definition) is 1. The molecule has 0 spiro atoms. The second kappa shape index (κ2) is 5.95. The van der Waals surface area contributed by atoms with Crippen molar-refractivity contribution in [2.75, 3.05) is 24.5 Å². The lowest BCUT2D eigenvalue weighted by Gasteiger charge is -2.34. The number of piperazine rings is 1. The number of aryl methyl sites for hydroxylation is 2. The van der Waals surface area contributed by atoms with Gasteiger partial charge in [-0.3, -0.25) is 19.3 Å². The van der Waals surface area contributed by atoms with E-state index in [-0.39, 0.29) is 37.9 Å². The van der Waals surface area contributed by atoms with Crippen LogP contribution in [0.3, 0.4) is 0 Å². The highest BCUT2D eigenvalue weighted by molar-refractivity contribution is 6.03. The van der Waals surface area contributed by atoms with Gasteiger partial charge in [-0.15, -0.1) is 0 Å². The summed E-state index contributed by atoms with van der Waals surface area (Å²) < 4.78 is 0. The summed E-state index contributed by atoms with van der Waals surface area (Å²) in [7, 11) is 0. The Morgan fingerprint density at radius 1 is 1.10 bits per heavy atom. The maximum absolute atomic E-state index is 12.0. The number of benzene rings is 1. The van der Waals surface area contributed by atoms with Gasteiger partial charge in [0.2, 0.25) is 11.8 Å². The van der Waals surface area contributed by atoms with Gasteiger partial charge in [-0.2, -0.15) is 0 Å². The Bertz CT molecular complexity index is 559. The number of amides is 2. The molecule has 1 aliphatic heterocycles. The summed E-state index contributed by atoms with van der Waals surface area (Å²) in [6.07, 6.45) is -0.221. The fraction of sp³-hybridized carbons (Fsp3) is 0.400. The van der Waals surface area contributed by atoms with Crippen molar-refractivity contribution in [3.63, 3.8) is 0 Å². The molecule has 2 amide bonds. The van der Waals surface area contributed by atoms with Gasteiger partial charge < -0.3 is 10.0 Å². The third-order valence-electron chi connectivity index (χ3n) is 3.38. The van der Waals surface area contributed by atoms with E-state index in [2.05, 4.69) is 0 Å². The number of carboxylic acid groups (broad SMARTS) is 1. The number of aliphatic carboxylic acids is 1. The number of imide groups is 1. The molecule has 0 atom stereocenters. The predicted molar refractivity (Wildman–Crippen MR) is 77.1 cm³/mol. The summed E-state index contributed by atoms with van der Waals surface area (Å²) in [5.74, 6) is -1.73. The smallest absolute Gasteiger partial charge is 0.305 e. The fourth-order valence-electron chi connectivity index (χ4n) is 2.46. The fourth-order valence-corrected chi connectivity index (χ4v) is 2.46. The lowest BCUT2D eigenvalue weighted by molar-refractivity contribution is -0.146. The summed E-state index contributed by atoms with van der Waals surface area (Å²) >= 11 is 0. The molecule has 1 aromatic carbocycles. The second-order valence-electron chi connectivity index (χ2n) is 5.28. The third-order valence-corrected chi connectivity index (χ3v) is 3.38. The Morgan fingerprint density at radius 3 is 2.10 bits per heavy atom. The molecule has 6 heteroatoms. The summed E-state index contributed by atoms with van der Waals surface area (Å²) in [5, 5.41) is 8.65. The van der Waals surface area contributed by atoms with Crippen LogP contribution in [0.1, 0.15) is 17.5 Å². The van der Waals surface area contributed by atoms with Crippen molar-refractivity contribution in [1.82, 2.24) is 4.90 Å². The lowest BCUT2D eigenvalue weighted by atomic mass is 10.1. The van der Waals surface area contributed by atoms with Crippen molar-refractivity contribution < 1.29 is 19.5 Å². The van der Waals surface area contributed by atoms with Gasteiger partial charge in [0.25, 0.3) is 0 Å². The second-order valence-corrected chi connectivity index (χ2v) is 5.28. The number of nitrogens with zero attached hydrogens (tertiary/aromatic N) is 2. The van der Waals surface area contributed by atoms with Gasteiger partial charge in [0.05, 0.1) is 19.5 Å². The highest BCUT2D eigenvalue weighted by Crippen LogP contribution is 2.21. The van der Waals surface area contributed by atoms with Crippen LogP contribution in [0.15, 0.2) is 18.2 Å². The first-order chi connectivity index (χ1) is 9.86. The SMILES string of the molecule is Cc1cc(C)cc(N2CC(=O)N(CCC(=O)O)C(=O)C2)c1. The molecular weight excluding hydrogens is 272 g/mol. The monoisotopic (exact) mass is 290 g/mol. The summed E-state index contributed by atoms with van der Waals surface area (Å²) in [6.45, 7) is 4.04. The molecule has 0 radical (unpaired) electrons. The first-order valence-corrected chi connectivity index (χ1v) is 6.75. The van der Waals surface area contributed by atoms with Gasteiger partial charge >= 0.3 is 5.97 Å². The number of anilines is 1. The molecule has 1 fully saturated rings. The molecule has 112 valence electrons. The summed E-state index contributed by atoms with van der Waals surface area (Å²) in [5.41, 5.74) is 2.98. The zero-order valence-corrected chi connectivity index (χ0v) is 12.1. The van der Waals surface area contributed by atoms with Gasteiger partial charge in [0, 0.05) is 12.2 Å². The van der Waals surface area contributed by atoms with Crippen LogP contribution in [-0.4, -0.2) is 47.4 Å². The molecule has 6 nitrogen and oxygen atoms in total. The lowest BCUT2D eigenvalue weighted by Crippen LogP contribution is -2.54. The zero-order chi connectivity index (χ0) is 15.6. The van der Waals surface area contributed by atoms with E-state index in [1.54, 1.807) is 4.90 Å². The van der Waals surface area contributed by atoms with E-state index in [1.165, 1.54) is 0 Å². The van der Waals surface area contributed by atoms with Crippen molar-refractivity contribution in [2.24, 2.45) is 0 Å². The summed E-state index contributed by atoms with van der Waals surface area (Å²) in [6, 6.07) is 5.89. The molecule has 1 saturated heterocycles. The number of carboxylic acids is 1. The van der Waals surface area contributed by atoms with E-state index < -0.39 is 5.97 Å². The number of carbonyl (C=O) groups excluding carboxylic acids is 2.